The summed E-state index contributed by atoms with van der Waals surface area (Å²) in [6, 6.07) is 3.03. The molecule has 1 aromatic rings. The van der Waals surface area contributed by atoms with E-state index in [2.05, 4.69) is 0 Å². The Kier molecular flexibility index (Phi) is 2.19. The lowest BCUT2D eigenvalue weighted by Crippen LogP contribution is -1.96. The normalized spacial score (nSPS) is 9.83. The molecule has 12 heavy (non-hydrogen) atoms. The molecule has 4 nitrogen and oxygen atoms in total. The monoisotopic (exact) mass is 186 g/mol. The molecule has 1 aromatic carbocycles. The Morgan fingerprint density at radius 3 is 2.58 bits per heavy atom. The number of hydrogen-bond donors (Lipinski definition) is 1. The number of nitrogens with zero attached hydrogens (tertiary/aromatic N) is 1. The zero-order valence-electron chi connectivity index (χ0n) is 6.37. The topological polar surface area (TPSA) is 69.2 Å². The molecule has 5 heteroatoms. The summed E-state index contributed by atoms with van der Waals surface area (Å²) in [5.74, 6) is 0. The molecule has 0 saturated carbocycles. The average Bonchev–Trinajstić information content (AvgIpc) is 1.82. The molecule has 0 aliphatic carbocycles. The molecule has 0 saturated heterocycles. The van der Waals surface area contributed by atoms with Gasteiger partial charge in [-0.1, -0.05) is 11.6 Å². The van der Waals surface area contributed by atoms with Gasteiger partial charge in [-0.05, 0) is 24.6 Å². The van der Waals surface area contributed by atoms with Crippen LogP contribution in [-0.2, 0) is 0 Å². The van der Waals surface area contributed by atoms with Gasteiger partial charge >= 0.3 is 5.69 Å². The Morgan fingerprint density at radius 2 is 2.17 bits per heavy atom. The van der Waals surface area contributed by atoms with Crippen molar-refractivity contribution in [3.63, 3.8) is 0 Å². The van der Waals surface area contributed by atoms with E-state index in [1.807, 2.05) is 0 Å². The summed E-state index contributed by atoms with van der Waals surface area (Å²) < 4.78 is 0. The van der Waals surface area contributed by atoms with E-state index in [1.165, 1.54) is 12.1 Å². The van der Waals surface area contributed by atoms with Crippen LogP contribution in [0.1, 0.15) is 5.56 Å². The molecule has 0 radical (unpaired) electrons. The van der Waals surface area contributed by atoms with Crippen LogP contribution in [-0.4, -0.2) is 4.92 Å². The molecule has 0 amide bonds. The van der Waals surface area contributed by atoms with Gasteiger partial charge in [0, 0.05) is 0 Å². The lowest BCUT2D eigenvalue weighted by molar-refractivity contribution is -0.383. The van der Waals surface area contributed by atoms with Gasteiger partial charge in [-0.3, -0.25) is 10.1 Å². The summed E-state index contributed by atoms with van der Waals surface area (Å²) in [4.78, 5) is 9.81. The van der Waals surface area contributed by atoms with Crippen molar-refractivity contribution < 1.29 is 4.92 Å². The molecule has 0 aliphatic rings. The van der Waals surface area contributed by atoms with Crippen molar-refractivity contribution in [1.29, 1.82) is 0 Å². The van der Waals surface area contributed by atoms with Crippen molar-refractivity contribution in [3.05, 3.63) is 32.8 Å². The summed E-state index contributed by atoms with van der Waals surface area (Å²) in [6.07, 6.45) is 0. The standard InChI is InChI=1S/C7H7ClN2O2/c1-4-2-5(8)7(10(11)12)6(9)3-4/h2-3H,9H2,1H3. The molecular formula is C7H7ClN2O2. The van der Waals surface area contributed by atoms with E-state index in [0.717, 1.165) is 5.56 Å². The van der Waals surface area contributed by atoms with Gasteiger partial charge in [0.25, 0.3) is 0 Å². The summed E-state index contributed by atoms with van der Waals surface area (Å²) >= 11 is 5.61. The van der Waals surface area contributed by atoms with E-state index in [9.17, 15) is 10.1 Å². The van der Waals surface area contributed by atoms with Gasteiger partial charge in [0.15, 0.2) is 0 Å². The Hall–Kier alpha value is -1.29. The van der Waals surface area contributed by atoms with E-state index in [4.69, 9.17) is 17.3 Å². The average molecular weight is 187 g/mol. The molecule has 0 aliphatic heterocycles. The fourth-order valence-electron chi connectivity index (χ4n) is 0.954. The maximum atomic E-state index is 10.4. The van der Waals surface area contributed by atoms with Gasteiger partial charge in [-0.2, -0.15) is 0 Å². The van der Waals surface area contributed by atoms with Gasteiger partial charge in [-0.25, -0.2) is 0 Å². The van der Waals surface area contributed by atoms with Gasteiger partial charge in [0.1, 0.15) is 10.7 Å². The van der Waals surface area contributed by atoms with Gasteiger partial charge < -0.3 is 5.73 Å². The highest BCUT2D eigenvalue weighted by atomic mass is 35.5. The molecule has 0 unspecified atom stereocenters. The predicted molar refractivity (Wildman–Crippen MR) is 47.3 cm³/mol. The maximum Gasteiger partial charge on any atom is 0.310 e. The SMILES string of the molecule is Cc1cc(N)c([N+](=O)[O-])c(Cl)c1. The zero-order chi connectivity index (χ0) is 9.30. The predicted octanol–water partition coefficient (Wildman–Crippen LogP) is 2.14. The Labute approximate surface area is 74.1 Å². The first-order chi connectivity index (χ1) is 5.52. The first-order valence-corrected chi connectivity index (χ1v) is 3.60. The number of benzene rings is 1. The molecule has 0 heterocycles. The Bertz CT molecular complexity index is 315. The maximum absolute atomic E-state index is 10.4. The van der Waals surface area contributed by atoms with Crippen molar-refractivity contribution in [3.8, 4) is 0 Å². The minimum atomic E-state index is -0.586. The summed E-state index contributed by atoms with van der Waals surface area (Å²) in [5.41, 5.74) is 6.09. The molecule has 0 spiro atoms. The second-order valence-electron chi connectivity index (χ2n) is 2.44. The van der Waals surface area contributed by atoms with Crippen molar-refractivity contribution >= 4 is 23.0 Å². The highest BCUT2D eigenvalue weighted by Gasteiger charge is 2.16. The van der Waals surface area contributed by atoms with E-state index >= 15 is 0 Å². The highest BCUT2D eigenvalue weighted by molar-refractivity contribution is 6.33. The van der Waals surface area contributed by atoms with Crippen LogP contribution < -0.4 is 5.73 Å². The number of nitro benzene ring substituents is 1. The van der Waals surface area contributed by atoms with Gasteiger partial charge in [-0.15, -0.1) is 0 Å². The number of hydrogen-bond acceptors (Lipinski definition) is 3. The van der Waals surface area contributed by atoms with Gasteiger partial charge in [0.2, 0.25) is 0 Å². The molecule has 2 N–H and O–H groups in total. The van der Waals surface area contributed by atoms with Crippen LogP contribution >= 0.6 is 11.6 Å². The molecule has 0 aromatic heterocycles. The summed E-state index contributed by atoms with van der Waals surface area (Å²) in [7, 11) is 0. The number of aryl methyl sites for hydroxylation is 1. The lowest BCUT2D eigenvalue weighted by Gasteiger charge is -2.00. The van der Waals surface area contributed by atoms with Crippen LogP contribution in [0.25, 0.3) is 0 Å². The lowest BCUT2D eigenvalue weighted by atomic mass is 10.2. The minimum Gasteiger partial charge on any atom is -0.393 e. The number of rotatable bonds is 1. The Morgan fingerprint density at radius 1 is 1.58 bits per heavy atom. The van der Waals surface area contributed by atoms with Crippen LogP contribution in [0.2, 0.25) is 5.02 Å². The number of halogens is 1. The summed E-state index contributed by atoms with van der Waals surface area (Å²) in [5, 5.41) is 10.5. The molecule has 0 atom stereocenters. The second-order valence-corrected chi connectivity index (χ2v) is 2.85. The van der Waals surface area contributed by atoms with E-state index in [1.54, 1.807) is 6.92 Å². The van der Waals surface area contributed by atoms with Crippen molar-refractivity contribution in [2.45, 2.75) is 6.92 Å². The molecule has 0 bridgehead atoms. The third-order valence-corrected chi connectivity index (χ3v) is 1.71. The Balaban J connectivity index is 3.38. The third kappa shape index (κ3) is 1.48. The molecule has 1 rings (SSSR count). The van der Waals surface area contributed by atoms with Crippen LogP contribution in [0.3, 0.4) is 0 Å². The third-order valence-electron chi connectivity index (χ3n) is 1.42. The van der Waals surface area contributed by atoms with Crippen molar-refractivity contribution in [1.82, 2.24) is 0 Å². The first-order valence-electron chi connectivity index (χ1n) is 3.22. The van der Waals surface area contributed by atoms with Crippen molar-refractivity contribution in [2.75, 3.05) is 5.73 Å². The van der Waals surface area contributed by atoms with E-state index in [-0.39, 0.29) is 16.4 Å². The summed E-state index contributed by atoms with van der Waals surface area (Å²) in [6.45, 7) is 1.77. The highest BCUT2D eigenvalue weighted by Crippen LogP contribution is 2.31. The van der Waals surface area contributed by atoms with E-state index in [0.29, 0.717) is 0 Å². The van der Waals surface area contributed by atoms with Crippen LogP contribution in [0.5, 0.6) is 0 Å². The number of nitro groups is 1. The largest absolute Gasteiger partial charge is 0.393 e. The van der Waals surface area contributed by atoms with Crippen LogP contribution in [0, 0.1) is 17.0 Å². The fraction of sp³-hybridized carbons (Fsp3) is 0.143. The number of anilines is 1. The quantitative estimate of drug-likeness (QED) is 0.415. The van der Waals surface area contributed by atoms with Crippen LogP contribution in [0.15, 0.2) is 12.1 Å². The molecule has 64 valence electrons. The second kappa shape index (κ2) is 2.98. The first kappa shape index (κ1) is 8.80. The molecular weight excluding hydrogens is 180 g/mol. The smallest absolute Gasteiger partial charge is 0.310 e. The van der Waals surface area contributed by atoms with E-state index < -0.39 is 4.92 Å². The molecule has 0 fully saturated rings. The van der Waals surface area contributed by atoms with Crippen molar-refractivity contribution in [2.24, 2.45) is 0 Å². The minimum absolute atomic E-state index is 0.0810. The van der Waals surface area contributed by atoms with Crippen LogP contribution in [0.4, 0.5) is 11.4 Å². The fourth-order valence-corrected chi connectivity index (χ4v) is 1.30. The number of nitrogen functional groups attached to an aromatic ring is 1. The zero-order valence-corrected chi connectivity index (χ0v) is 7.13. The number of nitrogens with two attached hydrogens (primary N) is 1. The van der Waals surface area contributed by atoms with Gasteiger partial charge in [0.05, 0.1) is 4.92 Å².